The third kappa shape index (κ3) is 3.54. The summed E-state index contributed by atoms with van der Waals surface area (Å²) in [6.45, 7) is 13.1. The highest BCUT2D eigenvalue weighted by Crippen LogP contribution is 2.40. The van der Waals surface area contributed by atoms with Crippen molar-refractivity contribution in [1.82, 2.24) is 0 Å². The van der Waals surface area contributed by atoms with E-state index in [-0.39, 0.29) is 5.82 Å². The Balaban J connectivity index is 1.61. The van der Waals surface area contributed by atoms with Crippen molar-refractivity contribution in [1.29, 1.82) is 0 Å². The number of halogens is 1. The van der Waals surface area contributed by atoms with E-state index in [0.717, 1.165) is 27.6 Å². The molecule has 190 valence electrons. The number of benzene rings is 4. The van der Waals surface area contributed by atoms with Gasteiger partial charge in [0, 0.05) is 33.9 Å². The van der Waals surface area contributed by atoms with Gasteiger partial charge in [-0.25, -0.2) is 4.39 Å². The Labute approximate surface area is 224 Å². The molecule has 0 aliphatic rings. The molecule has 0 saturated heterocycles. The molecule has 0 spiro atoms. The minimum Gasteiger partial charge on any atom is -0.455 e. The van der Waals surface area contributed by atoms with Crippen LogP contribution in [0.2, 0.25) is 13.1 Å². The Morgan fingerprint density at radius 2 is 1.42 bits per heavy atom. The number of rotatable bonds is 3. The fourth-order valence-electron chi connectivity index (χ4n) is 5.92. The number of aromatic nitrogens is 1. The summed E-state index contributed by atoms with van der Waals surface area (Å²) in [5, 5.41) is 6.13. The van der Waals surface area contributed by atoms with Crippen LogP contribution in [0.1, 0.15) is 22.3 Å². The fraction of sp³-hybridized carbons (Fsp3) is 0.206. The monoisotopic (exact) mass is 518 g/mol. The zero-order valence-corrected chi connectivity index (χ0v) is 24.2. The number of pyridine rings is 1. The maximum atomic E-state index is 14.4. The number of hydrogen-bond acceptors (Lipinski definition) is 1. The molecule has 2 heterocycles. The van der Waals surface area contributed by atoms with E-state index in [2.05, 4.69) is 106 Å². The predicted molar refractivity (Wildman–Crippen MR) is 160 cm³/mol. The molecule has 0 saturated carbocycles. The molecule has 0 unspecified atom stereocenters. The first-order chi connectivity index (χ1) is 18.1. The lowest BCUT2D eigenvalue weighted by atomic mass is 9.94. The van der Waals surface area contributed by atoms with Crippen LogP contribution in [0.25, 0.3) is 44.1 Å². The van der Waals surface area contributed by atoms with E-state index in [9.17, 15) is 4.39 Å². The molecule has 0 aliphatic heterocycles. The minimum atomic E-state index is -1.83. The number of furan rings is 1. The lowest BCUT2D eigenvalue weighted by molar-refractivity contribution is -0.633. The first-order valence-corrected chi connectivity index (χ1v) is 16.2. The molecule has 4 heteroatoms. The molecule has 38 heavy (non-hydrogen) atoms. The van der Waals surface area contributed by atoms with Crippen LogP contribution >= 0.6 is 0 Å². The summed E-state index contributed by atoms with van der Waals surface area (Å²) in [4.78, 5) is 0. The standard InChI is InChI=1S/C34H33FNOSi/c1-20-17-28-26-14-15-29(35)23(4)33(26)37-34(28)32(22(20)3)31-18-21(2)27-19-25(13-16-30(27)36(31)5)38(6,7)24-11-9-8-10-12-24/h8-19H,1-7H3/q+1. The van der Waals surface area contributed by atoms with Crippen LogP contribution < -0.4 is 14.9 Å². The number of hydrogen-bond donors (Lipinski definition) is 0. The van der Waals surface area contributed by atoms with Gasteiger partial charge in [0.15, 0.2) is 0 Å². The molecule has 0 bridgehead atoms. The van der Waals surface area contributed by atoms with Crippen LogP contribution in [-0.2, 0) is 7.05 Å². The zero-order chi connectivity index (χ0) is 26.9. The van der Waals surface area contributed by atoms with Crippen LogP contribution in [-0.4, -0.2) is 8.07 Å². The van der Waals surface area contributed by atoms with Crippen molar-refractivity contribution in [3.05, 3.63) is 101 Å². The van der Waals surface area contributed by atoms with Crippen molar-refractivity contribution in [2.45, 2.75) is 40.8 Å². The van der Waals surface area contributed by atoms with Gasteiger partial charge < -0.3 is 4.42 Å². The topological polar surface area (TPSA) is 17.0 Å². The second kappa shape index (κ2) is 8.64. The maximum Gasteiger partial charge on any atom is 0.217 e. The molecular formula is C34H33FNOSi+. The second-order valence-corrected chi connectivity index (χ2v) is 15.6. The fourth-order valence-corrected chi connectivity index (χ4v) is 8.29. The van der Waals surface area contributed by atoms with Gasteiger partial charge in [0.1, 0.15) is 32.1 Å². The molecule has 2 aromatic heterocycles. The number of aryl methyl sites for hydroxylation is 4. The molecular weight excluding hydrogens is 485 g/mol. The van der Waals surface area contributed by atoms with Gasteiger partial charge in [-0.05, 0) is 68.7 Å². The van der Waals surface area contributed by atoms with E-state index in [1.165, 1.54) is 38.0 Å². The van der Waals surface area contributed by atoms with Crippen LogP contribution in [0.4, 0.5) is 4.39 Å². The summed E-state index contributed by atoms with van der Waals surface area (Å²) in [6, 6.07) is 25.7. The zero-order valence-electron chi connectivity index (χ0n) is 23.2. The molecule has 6 aromatic rings. The third-order valence-electron chi connectivity index (χ3n) is 8.60. The van der Waals surface area contributed by atoms with Crippen molar-refractivity contribution in [2.75, 3.05) is 0 Å². The molecule has 0 fully saturated rings. The van der Waals surface area contributed by atoms with Gasteiger partial charge in [-0.2, -0.15) is 4.57 Å². The van der Waals surface area contributed by atoms with Crippen LogP contribution in [0.15, 0.2) is 77.2 Å². The van der Waals surface area contributed by atoms with Crippen molar-refractivity contribution in [3.63, 3.8) is 0 Å². The normalized spacial score (nSPS) is 12.2. The lowest BCUT2D eigenvalue weighted by Gasteiger charge is -2.24. The van der Waals surface area contributed by atoms with E-state index in [4.69, 9.17) is 4.42 Å². The first kappa shape index (κ1) is 24.6. The molecule has 6 rings (SSSR count). The summed E-state index contributed by atoms with van der Waals surface area (Å²) in [5.41, 5.74) is 8.98. The van der Waals surface area contributed by atoms with Gasteiger partial charge in [0.05, 0.1) is 5.56 Å². The SMILES string of the molecule is Cc1cc2c(oc3c(C)c(F)ccc32)c(-c2cc(C)c3cc([Si](C)(C)c4ccccc4)ccc3[n+]2C)c1C. The summed E-state index contributed by atoms with van der Waals surface area (Å²) in [6.07, 6.45) is 0. The van der Waals surface area contributed by atoms with Crippen molar-refractivity contribution >= 4 is 51.3 Å². The average molecular weight is 519 g/mol. The summed E-state index contributed by atoms with van der Waals surface area (Å²) >= 11 is 0. The summed E-state index contributed by atoms with van der Waals surface area (Å²) < 4.78 is 23.2. The highest BCUT2D eigenvalue weighted by Gasteiger charge is 2.29. The highest BCUT2D eigenvalue weighted by atomic mass is 28.3. The van der Waals surface area contributed by atoms with Crippen molar-refractivity contribution < 1.29 is 13.4 Å². The Kier molecular flexibility index (Phi) is 5.58. The van der Waals surface area contributed by atoms with Crippen molar-refractivity contribution in [3.8, 4) is 11.3 Å². The van der Waals surface area contributed by atoms with Gasteiger partial charge >= 0.3 is 0 Å². The summed E-state index contributed by atoms with van der Waals surface area (Å²) in [7, 11) is 0.309. The molecule has 0 aliphatic carbocycles. The average Bonchev–Trinajstić information content (AvgIpc) is 3.28. The Morgan fingerprint density at radius 3 is 2.16 bits per heavy atom. The van der Waals surface area contributed by atoms with Gasteiger partial charge in [0.2, 0.25) is 11.2 Å². The first-order valence-electron chi connectivity index (χ1n) is 13.2. The van der Waals surface area contributed by atoms with E-state index >= 15 is 0 Å². The molecule has 0 atom stereocenters. The van der Waals surface area contributed by atoms with E-state index < -0.39 is 8.07 Å². The van der Waals surface area contributed by atoms with E-state index in [0.29, 0.717) is 11.1 Å². The van der Waals surface area contributed by atoms with Crippen LogP contribution in [0.3, 0.4) is 0 Å². The maximum absolute atomic E-state index is 14.4. The van der Waals surface area contributed by atoms with Crippen molar-refractivity contribution in [2.24, 2.45) is 7.05 Å². The Morgan fingerprint density at radius 1 is 0.684 bits per heavy atom. The molecule has 0 amide bonds. The minimum absolute atomic E-state index is 0.239. The van der Waals surface area contributed by atoms with Crippen LogP contribution in [0.5, 0.6) is 0 Å². The quantitative estimate of drug-likeness (QED) is 0.176. The highest BCUT2D eigenvalue weighted by molar-refractivity contribution is 7.00. The van der Waals surface area contributed by atoms with Gasteiger partial charge in [-0.1, -0.05) is 59.9 Å². The van der Waals surface area contributed by atoms with Gasteiger partial charge in [-0.15, -0.1) is 0 Å². The molecule has 0 N–H and O–H groups in total. The second-order valence-electron chi connectivity index (χ2n) is 11.2. The lowest BCUT2D eigenvalue weighted by Crippen LogP contribution is -2.52. The summed E-state index contributed by atoms with van der Waals surface area (Å²) in [5.74, 6) is -0.239. The largest absolute Gasteiger partial charge is 0.455 e. The van der Waals surface area contributed by atoms with Gasteiger partial charge in [0.25, 0.3) is 0 Å². The Bertz CT molecular complexity index is 1900. The Hall–Kier alpha value is -3.76. The smallest absolute Gasteiger partial charge is 0.217 e. The predicted octanol–water partition coefficient (Wildman–Crippen LogP) is 7.43. The van der Waals surface area contributed by atoms with E-state index in [1.54, 1.807) is 13.0 Å². The number of nitrogens with zero attached hydrogens (tertiary/aromatic N) is 1. The molecule has 2 nitrogen and oxygen atoms in total. The molecule has 4 aromatic carbocycles. The molecule has 0 radical (unpaired) electrons. The number of fused-ring (bicyclic) bond motifs is 4. The van der Waals surface area contributed by atoms with Gasteiger partial charge in [-0.3, -0.25) is 0 Å². The third-order valence-corrected chi connectivity index (χ3v) is 12.1. The van der Waals surface area contributed by atoms with E-state index in [1.807, 2.05) is 6.07 Å². The van der Waals surface area contributed by atoms with Crippen LogP contribution in [0, 0.1) is 33.5 Å².